The minimum Gasteiger partial charge on any atom is -0.365 e. The molecule has 3 rings (SSSR count). The minimum atomic E-state index is 0.430. The Balaban J connectivity index is 1.95. The molecule has 0 saturated carbocycles. The van der Waals surface area contributed by atoms with Gasteiger partial charge in [-0.3, -0.25) is 4.79 Å². The molecule has 0 N–H and O–H groups in total. The van der Waals surface area contributed by atoms with Crippen LogP contribution in [0, 0.1) is 6.92 Å². The highest BCUT2D eigenvalue weighted by molar-refractivity contribution is 9.10. The molecule has 0 radical (unpaired) electrons. The number of fused-ring (bicyclic) bond motifs is 2. The van der Waals surface area contributed by atoms with Crippen LogP contribution >= 0.6 is 15.9 Å². The topological polar surface area (TPSA) is 20.3 Å². The molecule has 18 heavy (non-hydrogen) atoms. The second-order valence-corrected chi connectivity index (χ2v) is 6.38. The van der Waals surface area contributed by atoms with Gasteiger partial charge in [-0.25, -0.2) is 0 Å². The Morgan fingerprint density at radius 3 is 2.50 bits per heavy atom. The van der Waals surface area contributed by atoms with Gasteiger partial charge in [-0.05, 0) is 43.9 Å². The second-order valence-electron chi connectivity index (χ2n) is 5.53. The molecular formula is C15H18BrNO. The number of aryl methyl sites for hydroxylation is 1. The van der Waals surface area contributed by atoms with Crippen LogP contribution in [0.15, 0.2) is 22.7 Å². The quantitative estimate of drug-likeness (QED) is 0.785. The Bertz CT molecular complexity index is 469. The molecule has 2 fully saturated rings. The minimum absolute atomic E-state index is 0.430. The standard InChI is InChI=1S/C15H18BrNO/c1-10-5-6-13(9-15(10)16)17-11-3-2-4-12(17)8-14(18)7-11/h5-6,9,11-12H,2-4,7-8H2,1H3. The summed E-state index contributed by atoms with van der Waals surface area (Å²) in [5.41, 5.74) is 2.53. The fraction of sp³-hybridized carbons (Fsp3) is 0.533. The van der Waals surface area contributed by atoms with Crippen molar-refractivity contribution in [3.05, 3.63) is 28.2 Å². The van der Waals surface area contributed by atoms with E-state index in [-0.39, 0.29) is 0 Å². The third-order valence-corrected chi connectivity index (χ3v) is 5.10. The van der Waals surface area contributed by atoms with E-state index >= 15 is 0 Å². The first-order valence-electron chi connectivity index (χ1n) is 6.71. The van der Waals surface area contributed by atoms with E-state index in [9.17, 15) is 4.79 Å². The van der Waals surface area contributed by atoms with Gasteiger partial charge < -0.3 is 4.90 Å². The zero-order valence-corrected chi connectivity index (χ0v) is 12.2. The number of hydrogen-bond acceptors (Lipinski definition) is 2. The van der Waals surface area contributed by atoms with E-state index in [4.69, 9.17) is 0 Å². The van der Waals surface area contributed by atoms with Crippen LogP contribution in [-0.2, 0) is 4.79 Å². The molecule has 0 aromatic heterocycles. The average Bonchev–Trinajstić information content (AvgIpc) is 2.32. The molecule has 1 aromatic carbocycles. The van der Waals surface area contributed by atoms with Gasteiger partial charge in [0.05, 0.1) is 0 Å². The third kappa shape index (κ3) is 2.09. The number of ketones is 1. The SMILES string of the molecule is Cc1ccc(N2C3CCCC2CC(=O)C3)cc1Br. The number of halogens is 1. The molecule has 2 saturated heterocycles. The summed E-state index contributed by atoms with van der Waals surface area (Å²) in [7, 11) is 0. The number of benzene rings is 1. The average molecular weight is 308 g/mol. The van der Waals surface area contributed by atoms with E-state index in [0.29, 0.717) is 17.9 Å². The van der Waals surface area contributed by atoms with Crippen LogP contribution in [-0.4, -0.2) is 17.9 Å². The summed E-state index contributed by atoms with van der Waals surface area (Å²) < 4.78 is 1.16. The zero-order valence-electron chi connectivity index (χ0n) is 10.7. The Kier molecular flexibility index (Phi) is 3.18. The predicted molar refractivity (Wildman–Crippen MR) is 77.0 cm³/mol. The number of hydrogen-bond donors (Lipinski definition) is 0. The summed E-state index contributed by atoms with van der Waals surface area (Å²) in [4.78, 5) is 14.2. The normalized spacial score (nSPS) is 27.4. The lowest BCUT2D eigenvalue weighted by Gasteiger charge is -2.47. The number of rotatable bonds is 1. The summed E-state index contributed by atoms with van der Waals surface area (Å²) in [5.74, 6) is 0.451. The number of nitrogens with zero attached hydrogens (tertiary/aromatic N) is 1. The molecule has 96 valence electrons. The van der Waals surface area contributed by atoms with Gasteiger partial charge in [-0.2, -0.15) is 0 Å². The summed E-state index contributed by atoms with van der Waals surface area (Å²) in [6.07, 6.45) is 5.07. The molecule has 0 spiro atoms. The molecule has 1 aromatic rings. The highest BCUT2D eigenvalue weighted by Gasteiger charge is 2.37. The van der Waals surface area contributed by atoms with Gasteiger partial charge in [0.15, 0.2) is 0 Å². The van der Waals surface area contributed by atoms with Crippen LogP contribution in [0.4, 0.5) is 5.69 Å². The fourth-order valence-electron chi connectivity index (χ4n) is 3.34. The van der Waals surface area contributed by atoms with E-state index in [1.165, 1.54) is 17.7 Å². The number of Topliss-reactive ketones (excluding diaryl/α,β-unsaturated/α-hetero) is 1. The molecule has 3 heteroatoms. The van der Waals surface area contributed by atoms with Crippen LogP contribution in [0.25, 0.3) is 0 Å². The van der Waals surface area contributed by atoms with Gasteiger partial charge in [0.25, 0.3) is 0 Å². The second kappa shape index (κ2) is 4.69. The lowest BCUT2D eigenvalue weighted by atomic mass is 9.83. The first kappa shape index (κ1) is 12.2. The molecule has 2 nitrogen and oxygen atoms in total. The van der Waals surface area contributed by atoms with Crippen molar-refractivity contribution in [2.75, 3.05) is 4.90 Å². The van der Waals surface area contributed by atoms with E-state index in [2.05, 4.69) is 46.0 Å². The first-order valence-corrected chi connectivity index (χ1v) is 7.50. The fourth-order valence-corrected chi connectivity index (χ4v) is 3.71. The number of piperidine rings is 2. The van der Waals surface area contributed by atoms with Crippen LogP contribution in [0.1, 0.15) is 37.7 Å². The van der Waals surface area contributed by atoms with Gasteiger partial charge in [0, 0.05) is 35.1 Å². The van der Waals surface area contributed by atoms with Crippen LogP contribution in [0.2, 0.25) is 0 Å². The Hall–Kier alpha value is -0.830. The molecule has 0 amide bonds. The summed E-state index contributed by atoms with van der Waals surface area (Å²) in [6.45, 7) is 2.11. The molecule has 2 atom stereocenters. The predicted octanol–water partition coefficient (Wildman–Crippen LogP) is 3.85. The van der Waals surface area contributed by atoms with Crippen molar-refractivity contribution in [3.8, 4) is 0 Å². The van der Waals surface area contributed by atoms with Crippen LogP contribution in [0.5, 0.6) is 0 Å². The van der Waals surface area contributed by atoms with Crippen molar-refractivity contribution >= 4 is 27.4 Å². The van der Waals surface area contributed by atoms with E-state index in [1.807, 2.05) is 0 Å². The van der Waals surface area contributed by atoms with Crippen molar-refractivity contribution < 1.29 is 4.79 Å². The molecule has 2 bridgehead atoms. The molecule has 2 heterocycles. The van der Waals surface area contributed by atoms with Gasteiger partial charge in [-0.1, -0.05) is 22.0 Å². The maximum Gasteiger partial charge on any atom is 0.137 e. The van der Waals surface area contributed by atoms with Gasteiger partial charge in [0.1, 0.15) is 5.78 Å². The number of anilines is 1. The van der Waals surface area contributed by atoms with Gasteiger partial charge >= 0.3 is 0 Å². The van der Waals surface area contributed by atoms with Gasteiger partial charge in [0.2, 0.25) is 0 Å². The van der Waals surface area contributed by atoms with Crippen molar-refractivity contribution in [2.45, 2.75) is 51.1 Å². The van der Waals surface area contributed by atoms with Crippen LogP contribution < -0.4 is 4.90 Å². The Morgan fingerprint density at radius 2 is 1.89 bits per heavy atom. The number of carbonyl (C=O) groups excluding carboxylic acids is 1. The molecular weight excluding hydrogens is 290 g/mol. The van der Waals surface area contributed by atoms with Crippen molar-refractivity contribution in [1.29, 1.82) is 0 Å². The lowest BCUT2D eigenvalue weighted by Crippen LogP contribution is -2.52. The molecule has 2 unspecified atom stereocenters. The van der Waals surface area contributed by atoms with Crippen molar-refractivity contribution in [1.82, 2.24) is 0 Å². The maximum absolute atomic E-state index is 11.7. The van der Waals surface area contributed by atoms with E-state index in [0.717, 1.165) is 30.2 Å². The highest BCUT2D eigenvalue weighted by Crippen LogP contribution is 2.37. The van der Waals surface area contributed by atoms with E-state index in [1.54, 1.807) is 0 Å². The van der Waals surface area contributed by atoms with Crippen LogP contribution in [0.3, 0.4) is 0 Å². The monoisotopic (exact) mass is 307 g/mol. The molecule has 2 aliphatic rings. The third-order valence-electron chi connectivity index (χ3n) is 4.24. The summed E-state index contributed by atoms with van der Waals surface area (Å²) in [5, 5.41) is 0. The van der Waals surface area contributed by atoms with Gasteiger partial charge in [-0.15, -0.1) is 0 Å². The Morgan fingerprint density at radius 1 is 1.22 bits per heavy atom. The summed E-state index contributed by atoms with van der Waals surface area (Å²) in [6, 6.07) is 7.42. The molecule has 0 aliphatic carbocycles. The lowest BCUT2D eigenvalue weighted by molar-refractivity contribution is -0.121. The van der Waals surface area contributed by atoms with Crippen molar-refractivity contribution in [2.24, 2.45) is 0 Å². The van der Waals surface area contributed by atoms with Crippen molar-refractivity contribution in [3.63, 3.8) is 0 Å². The first-order chi connectivity index (χ1) is 8.65. The maximum atomic E-state index is 11.7. The highest BCUT2D eigenvalue weighted by atomic mass is 79.9. The molecule has 2 aliphatic heterocycles. The van der Waals surface area contributed by atoms with E-state index < -0.39 is 0 Å². The zero-order chi connectivity index (χ0) is 12.7. The Labute approximate surface area is 116 Å². The smallest absolute Gasteiger partial charge is 0.137 e. The summed E-state index contributed by atoms with van der Waals surface area (Å²) >= 11 is 3.61. The largest absolute Gasteiger partial charge is 0.365 e. The number of carbonyl (C=O) groups is 1.